The van der Waals surface area contributed by atoms with Crippen LogP contribution in [0.25, 0.3) is 9.40 Å². The Morgan fingerprint density at radius 3 is 2.95 bits per heavy atom. The summed E-state index contributed by atoms with van der Waals surface area (Å²) >= 11 is 6.97. The van der Waals surface area contributed by atoms with E-state index in [1.54, 1.807) is 22.7 Å². The first-order chi connectivity index (χ1) is 9.60. The third kappa shape index (κ3) is 2.45. The maximum Gasteiger partial charge on any atom is 0.0938 e. The van der Waals surface area contributed by atoms with Gasteiger partial charge in [-0.1, -0.05) is 0 Å². The molecule has 1 N–H and O–H groups in total. The van der Waals surface area contributed by atoms with Gasteiger partial charge in [0.05, 0.1) is 22.0 Å². The molecule has 0 radical (unpaired) electrons. The Kier molecular flexibility index (Phi) is 3.99. The molecule has 20 heavy (non-hydrogen) atoms. The van der Waals surface area contributed by atoms with Crippen LogP contribution in [-0.4, -0.2) is 14.9 Å². The van der Waals surface area contributed by atoms with E-state index in [0.29, 0.717) is 6.42 Å². The summed E-state index contributed by atoms with van der Waals surface area (Å²) in [4.78, 5) is 1.03. The Labute approximate surface area is 134 Å². The summed E-state index contributed by atoms with van der Waals surface area (Å²) in [5.41, 5.74) is 2.04. The number of aliphatic hydroxyl groups is 1. The second-order valence-electron chi connectivity index (χ2n) is 4.68. The standard InChI is InChI=1S/C14H15BrN2OS2/c1-3-17-9(14(15)8(2)16-17)6-10(18)12-7-13-11(20-12)4-5-19-13/h4-5,7,10,18H,3,6H2,1-2H3. The number of halogens is 1. The fourth-order valence-corrected chi connectivity index (χ4v) is 4.85. The predicted octanol–water partition coefficient (Wildman–Crippen LogP) is 4.53. The first-order valence-electron chi connectivity index (χ1n) is 6.47. The van der Waals surface area contributed by atoms with Crippen molar-refractivity contribution in [3.05, 3.63) is 38.3 Å². The average molecular weight is 371 g/mol. The SMILES string of the molecule is CCn1nc(C)c(Br)c1CC(O)c1cc2sccc2s1. The van der Waals surface area contributed by atoms with Gasteiger partial charge >= 0.3 is 0 Å². The number of thiophene rings is 2. The molecule has 6 heteroatoms. The average Bonchev–Trinajstić information content (AvgIpc) is 3.07. The number of aliphatic hydroxyl groups excluding tert-OH is 1. The van der Waals surface area contributed by atoms with Gasteiger partial charge in [-0.2, -0.15) is 5.10 Å². The monoisotopic (exact) mass is 370 g/mol. The molecule has 0 fully saturated rings. The quantitative estimate of drug-likeness (QED) is 0.732. The molecule has 0 aliphatic rings. The molecular weight excluding hydrogens is 356 g/mol. The van der Waals surface area contributed by atoms with Crippen LogP contribution in [0.15, 0.2) is 22.0 Å². The van der Waals surface area contributed by atoms with E-state index in [1.165, 1.54) is 9.40 Å². The van der Waals surface area contributed by atoms with Crippen molar-refractivity contribution in [3.63, 3.8) is 0 Å². The van der Waals surface area contributed by atoms with Gasteiger partial charge in [0.1, 0.15) is 0 Å². The maximum absolute atomic E-state index is 10.5. The van der Waals surface area contributed by atoms with E-state index in [4.69, 9.17) is 0 Å². The van der Waals surface area contributed by atoms with Gasteiger partial charge in [0.15, 0.2) is 0 Å². The molecule has 3 heterocycles. The van der Waals surface area contributed by atoms with Gasteiger partial charge in [-0.15, -0.1) is 22.7 Å². The second-order valence-corrected chi connectivity index (χ2v) is 7.54. The summed E-state index contributed by atoms with van der Waals surface area (Å²) < 4.78 is 5.47. The lowest BCUT2D eigenvalue weighted by Gasteiger charge is -2.10. The van der Waals surface area contributed by atoms with E-state index in [1.807, 2.05) is 11.6 Å². The third-order valence-electron chi connectivity index (χ3n) is 3.33. The normalized spacial score (nSPS) is 13.2. The topological polar surface area (TPSA) is 38.0 Å². The van der Waals surface area contributed by atoms with Crippen LogP contribution in [0.5, 0.6) is 0 Å². The highest BCUT2D eigenvalue weighted by atomic mass is 79.9. The summed E-state index contributed by atoms with van der Waals surface area (Å²) in [6.45, 7) is 4.86. The van der Waals surface area contributed by atoms with Crippen LogP contribution in [0.1, 0.15) is 29.3 Å². The lowest BCUT2D eigenvalue weighted by atomic mass is 10.1. The van der Waals surface area contributed by atoms with Crippen molar-refractivity contribution in [2.24, 2.45) is 0 Å². The molecule has 3 nitrogen and oxygen atoms in total. The summed E-state index contributed by atoms with van der Waals surface area (Å²) in [7, 11) is 0. The van der Waals surface area contributed by atoms with Crippen LogP contribution in [0.3, 0.4) is 0 Å². The highest BCUT2D eigenvalue weighted by Crippen LogP contribution is 2.35. The van der Waals surface area contributed by atoms with Crippen molar-refractivity contribution < 1.29 is 5.11 Å². The number of rotatable bonds is 4. The highest BCUT2D eigenvalue weighted by molar-refractivity contribution is 9.10. The first-order valence-corrected chi connectivity index (χ1v) is 8.95. The van der Waals surface area contributed by atoms with Crippen molar-refractivity contribution in [1.82, 2.24) is 9.78 Å². The Morgan fingerprint density at radius 1 is 1.45 bits per heavy atom. The van der Waals surface area contributed by atoms with Crippen LogP contribution in [0, 0.1) is 6.92 Å². The van der Waals surface area contributed by atoms with E-state index in [2.05, 4.69) is 45.5 Å². The lowest BCUT2D eigenvalue weighted by Crippen LogP contribution is -2.08. The minimum absolute atomic E-state index is 0.475. The van der Waals surface area contributed by atoms with Gasteiger partial charge in [-0.25, -0.2) is 0 Å². The minimum atomic E-state index is -0.475. The van der Waals surface area contributed by atoms with E-state index in [9.17, 15) is 5.11 Å². The number of aryl methyl sites for hydroxylation is 2. The van der Waals surface area contributed by atoms with Crippen molar-refractivity contribution >= 4 is 48.0 Å². The van der Waals surface area contributed by atoms with Crippen molar-refractivity contribution in [3.8, 4) is 0 Å². The van der Waals surface area contributed by atoms with Gasteiger partial charge in [0.2, 0.25) is 0 Å². The van der Waals surface area contributed by atoms with Gasteiger partial charge in [-0.3, -0.25) is 4.68 Å². The van der Waals surface area contributed by atoms with Crippen molar-refractivity contribution in [2.45, 2.75) is 32.9 Å². The molecule has 1 atom stereocenters. The number of aromatic nitrogens is 2. The van der Waals surface area contributed by atoms with Crippen molar-refractivity contribution in [1.29, 1.82) is 0 Å². The second kappa shape index (κ2) is 5.60. The van der Waals surface area contributed by atoms with E-state index in [0.717, 1.165) is 27.3 Å². The fourth-order valence-electron chi connectivity index (χ4n) is 2.30. The van der Waals surface area contributed by atoms with Gasteiger partial charge in [0, 0.05) is 27.2 Å². The predicted molar refractivity (Wildman–Crippen MR) is 88.7 cm³/mol. The summed E-state index contributed by atoms with van der Waals surface area (Å²) in [5, 5.41) is 17.1. The molecule has 3 aromatic rings. The Hall–Kier alpha value is -0.690. The molecule has 3 rings (SSSR count). The molecule has 0 aliphatic carbocycles. The van der Waals surface area contributed by atoms with Crippen LogP contribution in [0.4, 0.5) is 0 Å². The molecule has 0 saturated carbocycles. The van der Waals surface area contributed by atoms with Crippen LogP contribution in [0.2, 0.25) is 0 Å². The highest BCUT2D eigenvalue weighted by Gasteiger charge is 2.19. The number of hydrogen-bond donors (Lipinski definition) is 1. The minimum Gasteiger partial charge on any atom is -0.387 e. The van der Waals surface area contributed by atoms with Gasteiger partial charge in [-0.05, 0) is 47.3 Å². The fraction of sp³-hybridized carbons (Fsp3) is 0.357. The van der Waals surface area contributed by atoms with Crippen LogP contribution < -0.4 is 0 Å². The summed E-state index contributed by atoms with van der Waals surface area (Å²) in [6.07, 6.45) is 0.112. The molecule has 3 aromatic heterocycles. The smallest absolute Gasteiger partial charge is 0.0938 e. The van der Waals surface area contributed by atoms with Crippen molar-refractivity contribution in [2.75, 3.05) is 0 Å². The zero-order chi connectivity index (χ0) is 14.3. The van der Waals surface area contributed by atoms with Gasteiger partial charge < -0.3 is 5.11 Å². The molecular formula is C14H15BrN2OS2. The molecule has 1 unspecified atom stereocenters. The molecule has 0 saturated heterocycles. The molecule has 0 aromatic carbocycles. The van der Waals surface area contributed by atoms with E-state index >= 15 is 0 Å². The Balaban J connectivity index is 1.88. The molecule has 106 valence electrons. The zero-order valence-electron chi connectivity index (χ0n) is 11.3. The largest absolute Gasteiger partial charge is 0.387 e. The van der Waals surface area contributed by atoms with E-state index < -0.39 is 6.10 Å². The molecule has 0 spiro atoms. The summed E-state index contributed by atoms with van der Waals surface area (Å²) in [6, 6.07) is 4.21. The van der Waals surface area contributed by atoms with Gasteiger partial charge in [0.25, 0.3) is 0 Å². The first kappa shape index (κ1) is 14.3. The number of fused-ring (bicyclic) bond motifs is 1. The van der Waals surface area contributed by atoms with E-state index in [-0.39, 0.29) is 0 Å². The molecule has 0 bridgehead atoms. The number of nitrogens with zero attached hydrogens (tertiary/aromatic N) is 2. The summed E-state index contributed by atoms with van der Waals surface area (Å²) in [5.74, 6) is 0. The zero-order valence-corrected chi connectivity index (χ0v) is 14.5. The van der Waals surface area contributed by atoms with Crippen LogP contribution >= 0.6 is 38.6 Å². The maximum atomic E-state index is 10.5. The third-order valence-corrected chi connectivity index (χ3v) is 6.55. The number of hydrogen-bond acceptors (Lipinski definition) is 4. The molecule has 0 aliphatic heterocycles. The van der Waals surface area contributed by atoms with Crippen LogP contribution in [-0.2, 0) is 13.0 Å². The molecule has 0 amide bonds. The lowest BCUT2D eigenvalue weighted by molar-refractivity contribution is 0.179. The Bertz CT molecular complexity index is 715. The Morgan fingerprint density at radius 2 is 2.25 bits per heavy atom.